The Morgan fingerprint density at radius 1 is 1.23 bits per heavy atom. The van der Waals surface area contributed by atoms with Crippen LogP contribution in [0.1, 0.15) is 20.8 Å². The van der Waals surface area contributed by atoms with E-state index >= 15 is 0 Å². The molecular formula is C8H19NO3Si. The van der Waals surface area contributed by atoms with Crippen molar-refractivity contribution in [2.45, 2.75) is 33.4 Å². The van der Waals surface area contributed by atoms with Gasteiger partial charge in [-0.1, -0.05) is 6.92 Å². The summed E-state index contributed by atoms with van der Waals surface area (Å²) >= 11 is 0. The van der Waals surface area contributed by atoms with E-state index < -0.39 is 8.56 Å². The van der Waals surface area contributed by atoms with E-state index in [1.165, 1.54) is 0 Å². The van der Waals surface area contributed by atoms with Crippen LogP contribution in [0, 0.1) is 5.41 Å². The van der Waals surface area contributed by atoms with Crippen LogP contribution in [0.3, 0.4) is 0 Å². The third-order valence-electron chi connectivity index (χ3n) is 1.54. The highest BCUT2D eigenvalue weighted by Gasteiger charge is 2.27. The van der Waals surface area contributed by atoms with Gasteiger partial charge in [-0.2, -0.15) is 0 Å². The van der Waals surface area contributed by atoms with E-state index in [2.05, 4.69) is 13.5 Å². The van der Waals surface area contributed by atoms with E-state index in [9.17, 15) is 0 Å². The standard InChI is InChI=1S/C7H18O2Si.CHNO/c1-5-8-10(4,7-3)9-6-2;2-1-3/h5-7H2,1-4H3;2H. The lowest BCUT2D eigenvalue weighted by molar-refractivity contribution is 0.190. The van der Waals surface area contributed by atoms with Crippen molar-refractivity contribution in [1.29, 1.82) is 5.41 Å². The van der Waals surface area contributed by atoms with Gasteiger partial charge in [0.25, 0.3) is 0 Å². The molecule has 0 bridgehead atoms. The first-order chi connectivity index (χ1) is 6.10. The topological polar surface area (TPSA) is 59.4 Å². The van der Waals surface area contributed by atoms with Crippen LogP contribution in [0.5, 0.6) is 0 Å². The zero-order chi connectivity index (χ0) is 10.7. The Morgan fingerprint density at radius 2 is 1.54 bits per heavy atom. The normalized spacial score (nSPS) is 9.85. The average Bonchev–Trinajstić information content (AvgIpc) is 2.07. The second-order valence-electron chi connectivity index (χ2n) is 2.46. The van der Waals surface area contributed by atoms with E-state index in [4.69, 9.17) is 19.1 Å². The van der Waals surface area contributed by atoms with Gasteiger partial charge in [-0.05, 0) is 26.4 Å². The SMILES string of the molecule is CCO[Si](C)(CC)OCC.N=C=O. The molecule has 0 heterocycles. The van der Waals surface area contributed by atoms with Crippen molar-refractivity contribution in [3.63, 3.8) is 0 Å². The van der Waals surface area contributed by atoms with Gasteiger partial charge in [0, 0.05) is 13.2 Å². The Bertz CT molecular complexity index is 140. The highest BCUT2D eigenvalue weighted by molar-refractivity contribution is 6.65. The minimum absolute atomic E-state index is 0.750. The molecule has 0 fully saturated rings. The summed E-state index contributed by atoms with van der Waals surface area (Å²) in [5.41, 5.74) is 0. The lowest BCUT2D eigenvalue weighted by atomic mass is 10.9. The van der Waals surface area contributed by atoms with Crippen LogP contribution < -0.4 is 0 Å². The molecule has 0 spiro atoms. The highest BCUT2D eigenvalue weighted by atomic mass is 28.4. The van der Waals surface area contributed by atoms with Crippen molar-refractivity contribution in [2.24, 2.45) is 0 Å². The van der Waals surface area contributed by atoms with Crippen molar-refractivity contribution in [3.05, 3.63) is 0 Å². The van der Waals surface area contributed by atoms with Crippen molar-refractivity contribution in [1.82, 2.24) is 0 Å². The molecule has 13 heavy (non-hydrogen) atoms. The van der Waals surface area contributed by atoms with Gasteiger partial charge in [0.15, 0.2) is 0 Å². The van der Waals surface area contributed by atoms with Crippen LogP contribution in [-0.4, -0.2) is 27.9 Å². The third kappa shape index (κ3) is 9.43. The summed E-state index contributed by atoms with van der Waals surface area (Å²) in [6.45, 7) is 9.81. The smallest absolute Gasteiger partial charge is 0.334 e. The number of rotatable bonds is 5. The molecule has 4 nitrogen and oxygen atoms in total. The fraction of sp³-hybridized carbons (Fsp3) is 0.875. The summed E-state index contributed by atoms with van der Waals surface area (Å²) < 4.78 is 11.1. The van der Waals surface area contributed by atoms with Crippen molar-refractivity contribution in [2.75, 3.05) is 13.2 Å². The Kier molecular flexibility index (Phi) is 11.1. The summed E-state index contributed by atoms with van der Waals surface area (Å²) in [7, 11) is -1.72. The van der Waals surface area contributed by atoms with E-state index in [1.807, 2.05) is 13.8 Å². The largest absolute Gasteiger partial charge is 0.395 e. The van der Waals surface area contributed by atoms with Crippen LogP contribution in [-0.2, 0) is 13.6 Å². The van der Waals surface area contributed by atoms with Crippen LogP contribution in [0.15, 0.2) is 0 Å². The summed E-state index contributed by atoms with van der Waals surface area (Å²) in [5, 5.41) is 5.40. The molecule has 0 rings (SSSR count). The first-order valence-corrected chi connectivity index (χ1v) is 6.94. The summed E-state index contributed by atoms with van der Waals surface area (Å²) in [4.78, 5) is 8.35. The van der Waals surface area contributed by atoms with Crippen molar-refractivity contribution >= 4 is 14.6 Å². The lowest BCUT2D eigenvalue weighted by Gasteiger charge is -2.23. The maximum Gasteiger partial charge on any atom is 0.334 e. The van der Waals surface area contributed by atoms with Crippen LogP contribution in [0.4, 0.5) is 0 Å². The van der Waals surface area contributed by atoms with Crippen LogP contribution in [0.2, 0.25) is 12.6 Å². The van der Waals surface area contributed by atoms with Crippen LogP contribution >= 0.6 is 0 Å². The molecule has 5 heteroatoms. The van der Waals surface area contributed by atoms with Gasteiger partial charge < -0.3 is 8.85 Å². The maximum absolute atomic E-state index is 8.35. The molecule has 0 saturated heterocycles. The zero-order valence-corrected chi connectivity index (χ0v) is 9.85. The van der Waals surface area contributed by atoms with Gasteiger partial charge in [-0.15, -0.1) is 0 Å². The molecule has 0 saturated carbocycles. The highest BCUT2D eigenvalue weighted by Crippen LogP contribution is 2.11. The van der Waals surface area contributed by atoms with Gasteiger partial charge in [-0.3, -0.25) is 0 Å². The van der Waals surface area contributed by atoms with E-state index in [0.717, 1.165) is 25.3 Å². The Balaban J connectivity index is 0. The van der Waals surface area contributed by atoms with E-state index in [1.54, 1.807) is 0 Å². The second kappa shape index (κ2) is 9.60. The molecule has 0 atom stereocenters. The van der Waals surface area contributed by atoms with Gasteiger partial charge in [-0.25, -0.2) is 10.2 Å². The molecule has 0 radical (unpaired) electrons. The molecule has 0 unspecified atom stereocenters. The number of nitrogens with one attached hydrogen (secondary N) is 1. The van der Waals surface area contributed by atoms with E-state index in [0.29, 0.717) is 0 Å². The molecule has 1 N–H and O–H groups in total. The molecule has 0 aliphatic carbocycles. The van der Waals surface area contributed by atoms with E-state index in [-0.39, 0.29) is 0 Å². The minimum atomic E-state index is -1.72. The fourth-order valence-electron chi connectivity index (χ4n) is 0.856. The Hall–Kier alpha value is -0.483. The molecule has 0 amide bonds. The van der Waals surface area contributed by atoms with Gasteiger partial charge in [0.1, 0.15) is 0 Å². The second-order valence-corrected chi connectivity index (χ2v) is 6.01. The Labute approximate surface area is 81.0 Å². The molecule has 0 aliphatic rings. The van der Waals surface area contributed by atoms with Crippen molar-refractivity contribution < 1.29 is 13.6 Å². The first-order valence-electron chi connectivity index (χ1n) is 4.41. The predicted molar refractivity (Wildman–Crippen MR) is 53.8 cm³/mol. The van der Waals surface area contributed by atoms with Gasteiger partial charge >= 0.3 is 8.56 Å². The van der Waals surface area contributed by atoms with Gasteiger partial charge in [0.2, 0.25) is 6.08 Å². The average molecular weight is 205 g/mol. The van der Waals surface area contributed by atoms with Crippen LogP contribution in [0.25, 0.3) is 0 Å². The molecular weight excluding hydrogens is 186 g/mol. The Morgan fingerprint density at radius 3 is 1.69 bits per heavy atom. The number of hydrogen-bond acceptors (Lipinski definition) is 4. The number of carbonyl (C=O) groups excluding carboxylic acids is 1. The monoisotopic (exact) mass is 205 g/mol. The summed E-state index contributed by atoms with van der Waals surface area (Å²) in [6, 6.07) is 1.04. The van der Waals surface area contributed by atoms with Gasteiger partial charge in [0.05, 0.1) is 0 Å². The summed E-state index contributed by atoms with van der Waals surface area (Å²) in [5.74, 6) is 0. The molecule has 0 aromatic rings. The summed E-state index contributed by atoms with van der Waals surface area (Å²) in [6.07, 6.45) is 0.750. The first kappa shape index (κ1) is 15.0. The minimum Gasteiger partial charge on any atom is -0.395 e. The maximum atomic E-state index is 8.35. The molecule has 0 aliphatic heterocycles. The number of hydrogen-bond donors (Lipinski definition) is 1. The fourth-order valence-corrected chi connectivity index (χ4v) is 2.57. The molecule has 0 aromatic heterocycles. The number of isocyanates is 1. The molecule has 78 valence electrons. The lowest BCUT2D eigenvalue weighted by Crippen LogP contribution is -2.37. The third-order valence-corrected chi connectivity index (χ3v) is 4.62. The molecule has 0 aromatic carbocycles. The van der Waals surface area contributed by atoms with Crippen molar-refractivity contribution in [3.8, 4) is 0 Å². The quantitative estimate of drug-likeness (QED) is 0.424. The predicted octanol–water partition coefficient (Wildman–Crippen LogP) is 2.05. The zero-order valence-electron chi connectivity index (χ0n) is 8.85.